The summed E-state index contributed by atoms with van der Waals surface area (Å²) >= 11 is 0. The Morgan fingerprint density at radius 1 is 1.05 bits per heavy atom. The Hall–Kier alpha value is -2.55. The van der Waals surface area contributed by atoms with Crippen LogP contribution in [0.2, 0.25) is 0 Å². The van der Waals surface area contributed by atoms with Gasteiger partial charge in [-0.25, -0.2) is 0 Å². The molecule has 1 unspecified atom stereocenters. The van der Waals surface area contributed by atoms with Gasteiger partial charge in [0.1, 0.15) is 11.5 Å². The fourth-order valence-electron chi connectivity index (χ4n) is 2.69. The van der Waals surface area contributed by atoms with Crippen molar-refractivity contribution in [2.24, 2.45) is 0 Å². The van der Waals surface area contributed by atoms with Gasteiger partial charge in [0.15, 0.2) is 0 Å². The number of amides is 1. The standard InChI is InChI=1S/C19H19NO2/c1-12-10-18(14(3)22-12)19(21)20-13(2)16-9-8-15-6-4-5-7-17(15)11-16/h4-11,13H,1-3H3,(H,20,21). The monoisotopic (exact) mass is 293 g/mol. The fourth-order valence-corrected chi connectivity index (χ4v) is 2.69. The third-order valence-electron chi connectivity index (χ3n) is 3.91. The zero-order valence-corrected chi connectivity index (χ0v) is 13.0. The van der Waals surface area contributed by atoms with E-state index in [4.69, 9.17) is 4.42 Å². The Morgan fingerprint density at radius 3 is 2.45 bits per heavy atom. The molecule has 3 nitrogen and oxygen atoms in total. The molecule has 3 rings (SSSR count). The molecule has 3 heteroatoms. The molecule has 3 aromatic rings. The zero-order chi connectivity index (χ0) is 15.7. The van der Waals surface area contributed by atoms with Crippen molar-refractivity contribution in [1.29, 1.82) is 0 Å². The third-order valence-corrected chi connectivity index (χ3v) is 3.91. The highest BCUT2D eigenvalue weighted by Crippen LogP contribution is 2.21. The van der Waals surface area contributed by atoms with Gasteiger partial charge in [-0.3, -0.25) is 4.79 Å². The molecule has 1 atom stereocenters. The number of furan rings is 1. The van der Waals surface area contributed by atoms with Gasteiger partial charge in [-0.2, -0.15) is 0 Å². The highest BCUT2D eigenvalue weighted by atomic mass is 16.3. The summed E-state index contributed by atoms with van der Waals surface area (Å²) in [5.41, 5.74) is 1.69. The van der Waals surface area contributed by atoms with Crippen LogP contribution < -0.4 is 5.32 Å². The highest BCUT2D eigenvalue weighted by molar-refractivity contribution is 5.95. The summed E-state index contributed by atoms with van der Waals surface area (Å²) < 4.78 is 5.42. The molecule has 22 heavy (non-hydrogen) atoms. The van der Waals surface area contributed by atoms with Crippen LogP contribution in [0.15, 0.2) is 52.9 Å². The molecule has 0 saturated carbocycles. The van der Waals surface area contributed by atoms with Crippen LogP contribution in [-0.2, 0) is 0 Å². The van der Waals surface area contributed by atoms with Crippen LogP contribution >= 0.6 is 0 Å². The lowest BCUT2D eigenvalue weighted by atomic mass is 10.0. The molecule has 0 bridgehead atoms. The number of nitrogens with one attached hydrogen (secondary N) is 1. The maximum Gasteiger partial charge on any atom is 0.255 e. The second-order valence-corrected chi connectivity index (χ2v) is 5.63. The van der Waals surface area contributed by atoms with Crippen LogP contribution in [-0.4, -0.2) is 5.91 Å². The SMILES string of the molecule is Cc1cc(C(=O)NC(C)c2ccc3ccccc3c2)c(C)o1. The Balaban J connectivity index is 1.82. The largest absolute Gasteiger partial charge is 0.466 e. The van der Waals surface area contributed by atoms with Crippen molar-refractivity contribution in [2.75, 3.05) is 0 Å². The summed E-state index contributed by atoms with van der Waals surface area (Å²) in [6.07, 6.45) is 0. The molecule has 0 radical (unpaired) electrons. The van der Waals surface area contributed by atoms with Crippen molar-refractivity contribution in [3.05, 3.63) is 71.2 Å². The van der Waals surface area contributed by atoms with Crippen molar-refractivity contribution in [2.45, 2.75) is 26.8 Å². The Labute approximate surface area is 130 Å². The molecular weight excluding hydrogens is 274 g/mol. The van der Waals surface area contributed by atoms with E-state index in [1.165, 1.54) is 10.8 Å². The van der Waals surface area contributed by atoms with Gasteiger partial charge in [-0.05, 0) is 49.2 Å². The quantitative estimate of drug-likeness (QED) is 0.770. The minimum atomic E-state index is -0.102. The lowest BCUT2D eigenvalue weighted by Gasteiger charge is -2.15. The van der Waals surface area contributed by atoms with E-state index >= 15 is 0 Å². The van der Waals surface area contributed by atoms with Crippen LogP contribution in [0, 0.1) is 13.8 Å². The maximum absolute atomic E-state index is 12.4. The Kier molecular flexibility index (Phi) is 3.72. The predicted octanol–water partition coefficient (Wildman–Crippen LogP) is 4.54. The van der Waals surface area contributed by atoms with Gasteiger partial charge in [0, 0.05) is 0 Å². The first kappa shape index (κ1) is 14.4. The van der Waals surface area contributed by atoms with Gasteiger partial charge in [-0.15, -0.1) is 0 Å². The molecule has 1 N–H and O–H groups in total. The van der Waals surface area contributed by atoms with Crippen molar-refractivity contribution < 1.29 is 9.21 Å². The lowest BCUT2D eigenvalue weighted by molar-refractivity contribution is 0.0938. The lowest BCUT2D eigenvalue weighted by Crippen LogP contribution is -2.26. The first-order valence-electron chi connectivity index (χ1n) is 7.41. The Bertz CT molecular complexity index is 832. The van der Waals surface area contributed by atoms with Gasteiger partial charge in [-0.1, -0.05) is 36.4 Å². The highest BCUT2D eigenvalue weighted by Gasteiger charge is 2.16. The summed E-state index contributed by atoms with van der Waals surface area (Å²) in [7, 11) is 0. The molecule has 0 aliphatic carbocycles. The van der Waals surface area contributed by atoms with Crippen molar-refractivity contribution in [1.82, 2.24) is 5.32 Å². The number of carbonyl (C=O) groups is 1. The summed E-state index contributed by atoms with van der Waals surface area (Å²) in [6, 6.07) is 16.2. The molecule has 1 amide bonds. The van der Waals surface area contributed by atoms with Crippen LogP contribution in [0.1, 0.15) is 40.4 Å². The number of benzene rings is 2. The second-order valence-electron chi connectivity index (χ2n) is 5.63. The average Bonchev–Trinajstić information content (AvgIpc) is 2.85. The van der Waals surface area contributed by atoms with Gasteiger partial charge in [0.2, 0.25) is 0 Å². The van der Waals surface area contributed by atoms with Gasteiger partial charge >= 0.3 is 0 Å². The van der Waals surface area contributed by atoms with Crippen LogP contribution in [0.4, 0.5) is 0 Å². The van der Waals surface area contributed by atoms with E-state index in [1.807, 2.05) is 32.9 Å². The first-order valence-corrected chi connectivity index (χ1v) is 7.41. The summed E-state index contributed by atoms with van der Waals surface area (Å²) in [5, 5.41) is 5.41. The van der Waals surface area contributed by atoms with E-state index in [1.54, 1.807) is 6.07 Å². The molecule has 1 heterocycles. The average molecular weight is 293 g/mol. The van der Waals surface area contributed by atoms with Crippen LogP contribution in [0.3, 0.4) is 0 Å². The van der Waals surface area contributed by atoms with Gasteiger partial charge in [0.05, 0.1) is 11.6 Å². The van der Waals surface area contributed by atoms with Crippen LogP contribution in [0.25, 0.3) is 10.8 Å². The normalized spacial score (nSPS) is 12.3. The van der Waals surface area contributed by atoms with E-state index in [0.717, 1.165) is 11.3 Å². The molecule has 0 aliphatic rings. The number of carbonyl (C=O) groups excluding carboxylic acids is 1. The van der Waals surface area contributed by atoms with Crippen molar-refractivity contribution >= 4 is 16.7 Å². The number of hydrogen-bond donors (Lipinski definition) is 1. The number of fused-ring (bicyclic) bond motifs is 1. The fraction of sp³-hybridized carbons (Fsp3) is 0.211. The van der Waals surface area contributed by atoms with Crippen molar-refractivity contribution in [3.63, 3.8) is 0 Å². The predicted molar refractivity (Wildman–Crippen MR) is 88.0 cm³/mol. The topological polar surface area (TPSA) is 42.2 Å². The van der Waals surface area contributed by atoms with E-state index in [0.29, 0.717) is 11.3 Å². The number of rotatable bonds is 3. The van der Waals surface area contributed by atoms with Crippen molar-refractivity contribution in [3.8, 4) is 0 Å². The summed E-state index contributed by atoms with van der Waals surface area (Å²) in [4.78, 5) is 12.4. The molecule has 1 aromatic heterocycles. The molecule has 112 valence electrons. The molecule has 0 fully saturated rings. The summed E-state index contributed by atoms with van der Waals surface area (Å²) in [5.74, 6) is 1.30. The molecule has 2 aromatic carbocycles. The minimum Gasteiger partial charge on any atom is -0.466 e. The zero-order valence-electron chi connectivity index (χ0n) is 13.0. The van der Waals surface area contributed by atoms with Gasteiger partial charge in [0.25, 0.3) is 5.91 Å². The minimum absolute atomic E-state index is 0.0632. The summed E-state index contributed by atoms with van der Waals surface area (Å²) in [6.45, 7) is 5.64. The number of hydrogen-bond acceptors (Lipinski definition) is 2. The van der Waals surface area contributed by atoms with E-state index in [-0.39, 0.29) is 11.9 Å². The van der Waals surface area contributed by atoms with E-state index in [2.05, 4.69) is 35.6 Å². The molecular formula is C19H19NO2. The number of aryl methyl sites for hydroxylation is 2. The third kappa shape index (κ3) is 2.75. The first-order chi connectivity index (χ1) is 10.5. The van der Waals surface area contributed by atoms with E-state index in [9.17, 15) is 4.79 Å². The molecule has 0 aliphatic heterocycles. The Morgan fingerprint density at radius 2 is 1.77 bits per heavy atom. The molecule has 0 spiro atoms. The van der Waals surface area contributed by atoms with E-state index < -0.39 is 0 Å². The molecule has 0 saturated heterocycles. The smallest absolute Gasteiger partial charge is 0.255 e. The van der Waals surface area contributed by atoms with Crippen LogP contribution in [0.5, 0.6) is 0 Å². The maximum atomic E-state index is 12.4. The second kappa shape index (κ2) is 5.68. The van der Waals surface area contributed by atoms with Gasteiger partial charge < -0.3 is 9.73 Å².